The van der Waals surface area contributed by atoms with Gasteiger partial charge in [-0.05, 0) is 43.5 Å². The van der Waals surface area contributed by atoms with E-state index in [1.165, 1.54) is 24.8 Å². The van der Waals surface area contributed by atoms with Crippen LogP contribution >= 0.6 is 0 Å². The summed E-state index contributed by atoms with van der Waals surface area (Å²) in [6.45, 7) is 4.91. The molecule has 4 heteroatoms. The van der Waals surface area contributed by atoms with Gasteiger partial charge in [0, 0.05) is 24.7 Å². The summed E-state index contributed by atoms with van der Waals surface area (Å²) in [5.74, 6) is 0.0924. The summed E-state index contributed by atoms with van der Waals surface area (Å²) in [7, 11) is 0. The molecule has 1 atom stereocenters. The number of piperidine rings is 1. The number of aromatic hydroxyl groups is 1. The minimum absolute atomic E-state index is 0.0763. The third-order valence-corrected chi connectivity index (χ3v) is 5.25. The molecule has 1 fully saturated rings. The molecule has 0 saturated carbocycles. The maximum Gasteiger partial charge on any atom is 0.224 e. The molecule has 0 spiro atoms. The number of para-hydroxylation sites is 1. The first kappa shape index (κ1) is 18.5. The van der Waals surface area contributed by atoms with E-state index in [2.05, 4.69) is 35.3 Å². The third kappa shape index (κ3) is 4.85. The van der Waals surface area contributed by atoms with Crippen molar-refractivity contribution in [3.05, 3.63) is 65.2 Å². The zero-order valence-corrected chi connectivity index (χ0v) is 15.4. The number of carbonyl (C=O) groups excluding carboxylic acids is 1. The molecular formula is C22H28N2O2. The summed E-state index contributed by atoms with van der Waals surface area (Å²) in [5.41, 5.74) is 3.10. The van der Waals surface area contributed by atoms with Gasteiger partial charge in [-0.15, -0.1) is 0 Å². The van der Waals surface area contributed by atoms with Crippen LogP contribution in [0.25, 0.3) is 0 Å². The number of phenolic OH excluding ortho intramolecular Hbond substituents is 1. The SMILES string of the molecule is CC1CCCCN1Cc1ccccc1CNC(=O)Cc1ccccc1O. The van der Waals surface area contributed by atoms with E-state index >= 15 is 0 Å². The number of rotatable bonds is 6. The topological polar surface area (TPSA) is 52.6 Å². The predicted octanol–water partition coefficient (Wildman–Crippen LogP) is 3.63. The van der Waals surface area contributed by atoms with E-state index in [9.17, 15) is 9.90 Å². The van der Waals surface area contributed by atoms with E-state index in [4.69, 9.17) is 0 Å². The van der Waals surface area contributed by atoms with Crippen LogP contribution in [-0.4, -0.2) is 28.5 Å². The van der Waals surface area contributed by atoms with E-state index < -0.39 is 0 Å². The Morgan fingerprint density at radius 1 is 1.08 bits per heavy atom. The van der Waals surface area contributed by atoms with Crippen LogP contribution in [-0.2, 0) is 24.3 Å². The van der Waals surface area contributed by atoms with Gasteiger partial charge in [-0.2, -0.15) is 0 Å². The fourth-order valence-corrected chi connectivity index (χ4v) is 3.59. The Morgan fingerprint density at radius 3 is 2.50 bits per heavy atom. The quantitative estimate of drug-likeness (QED) is 0.835. The molecule has 3 rings (SSSR count). The van der Waals surface area contributed by atoms with E-state index in [-0.39, 0.29) is 18.1 Å². The monoisotopic (exact) mass is 352 g/mol. The molecule has 138 valence electrons. The molecule has 1 amide bonds. The fourth-order valence-electron chi connectivity index (χ4n) is 3.59. The maximum absolute atomic E-state index is 12.3. The van der Waals surface area contributed by atoms with Crippen LogP contribution in [0.15, 0.2) is 48.5 Å². The lowest BCUT2D eigenvalue weighted by Gasteiger charge is -2.33. The second kappa shape index (κ2) is 8.86. The summed E-state index contributed by atoms with van der Waals surface area (Å²) in [4.78, 5) is 14.8. The first-order valence-corrected chi connectivity index (χ1v) is 9.48. The van der Waals surface area contributed by atoms with E-state index in [0.29, 0.717) is 18.2 Å². The molecule has 26 heavy (non-hydrogen) atoms. The molecule has 2 aromatic carbocycles. The Morgan fingerprint density at radius 2 is 1.77 bits per heavy atom. The molecule has 2 aromatic rings. The van der Waals surface area contributed by atoms with Crippen molar-refractivity contribution in [1.82, 2.24) is 10.2 Å². The van der Waals surface area contributed by atoms with Gasteiger partial charge in [-0.3, -0.25) is 9.69 Å². The molecule has 1 unspecified atom stereocenters. The largest absolute Gasteiger partial charge is 0.508 e. The van der Waals surface area contributed by atoms with E-state index in [0.717, 1.165) is 18.7 Å². The van der Waals surface area contributed by atoms with Crippen LogP contribution in [0, 0.1) is 0 Å². The Balaban J connectivity index is 1.59. The predicted molar refractivity (Wildman–Crippen MR) is 104 cm³/mol. The lowest BCUT2D eigenvalue weighted by molar-refractivity contribution is -0.120. The van der Waals surface area contributed by atoms with Gasteiger partial charge in [0.25, 0.3) is 0 Å². The zero-order valence-electron chi connectivity index (χ0n) is 15.4. The fraction of sp³-hybridized carbons (Fsp3) is 0.409. The van der Waals surface area contributed by atoms with Crippen LogP contribution < -0.4 is 5.32 Å². The second-order valence-corrected chi connectivity index (χ2v) is 7.17. The first-order chi connectivity index (χ1) is 12.6. The van der Waals surface area contributed by atoms with Crippen molar-refractivity contribution in [1.29, 1.82) is 0 Å². The first-order valence-electron chi connectivity index (χ1n) is 9.48. The normalized spacial score (nSPS) is 17.8. The van der Waals surface area contributed by atoms with Crippen LogP contribution in [0.3, 0.4) is 0 Å². The van der Waals surface area contributed by atoms with E-state index in [1.54, 1.807) is 18.2 Å². The molecule has 2 N–H and O–H groups in total. The number of hydrogen-bond acceptors (Lipinski definition) is 3. The van der Waals surface area contributed by atoms with Gasteiger partial charge in [0.2, 0.25) is 5.91 Å². The van der Waals surface area contributed by atoms with Crippen LogP contribution in [0.1, 0.15) is 42.9 Å². The second-order valence-electron chi connectivity index (χ2n) is 7.17. The lowest BCUT2D eigenvalue weighted by Crippen LogP contribution is -2.37. The summed E-state index contributed by atoms with van der Waals surface area (Å²) in [5, 5.41) is 12.8. The summed E-state index contributed by atoms with van der Waals surface area (Å²) in [6, 6.07) is 15.9. The minimum Gasteiger partial charge on any atom is -0.508 e. The molecule has 0 radical (unpaired) electrons. The number of phenols is 1. The molecule has 1 aliphatic rings. The van der Waals surface area contributed by atoms with Crippen LogP contribution in [0.4, 0.5) is 0 Å². The Bertz CT molecular complexity index is 744. The van der Waals surface area contributed by atoms with Gasteiger partial charge < -0.3 is 10.4 Å². The van der Waals surface area contributed by atoms with Crippen molar-refractivity contribution in [2.75, 3.05) is 6.54 Å². The average Bonchev–Trinajstić information content (AvgIpc) is 2.65. The van der Waals surface area contributed by atoms with Gasteiger partial charge in [-0.1, -0.05) is 48.9 Å². The summed E-state index contributed by atoms with van der Waals surface area (Å²) < 4.78 is 0. The van der Waals surface area contributed by atoms with Crippen LogP contribution in [0.2, 0.25) is 0 Å². The van der Waals surface area contributed by atoms with Crippen molar-refractivity contribution in [2.24, 2.45) is 0 Å². The van der Waals surface area contributed by atoms with Gasteiger partial charge in [0.1, 0.15) is 5.75 Å². The number of nitrogens with one attached hydrogen (secondary N) is 1. The van der Waals surface area contributed by atoms with Crippen molar-refractivity contribution in [2.45, 2.75) is 51.7 Å². The Labute approximate surface area is 155 Å². The standard InChI is InChI=1S/C22H28N2O2/c1-17-8-6-7-13-24(17)16-20-11-3-2-10-19(20)15-23-22(26)14-18-9-4-5-12-21(18)25/h2-5,9-12,17,25H,6-8,13-16H2,1H3,(H,23,26). The van der Waals surface area contributed by atoms with Crippen molar-refractivity contribution >= 4 is 5.91 Å². The number of likely N-dealkylation sites (tertiary alicyclic amines) is 1. The molecular weight excluding hydrogens is 324 g/mol. The van der Waals surface area contributed by atoms with Crippen molar-refractivity contribution < 1.29 is 9.90 Å². The third-order valence-electron chi connectivity index (χ3n) is 5.25. The maximum atomic E-state index is 12.3. The number of benzene rings is 2. The number of carbonyl (C=O) groups is 1. The molecule has 4 nitrogen and oxygen atoms in total. The molecule has 0 aliphatic carbocycles. The number of amides is 1. The molecule has 1 heterocycles. The molecule has 0 bridgehead atoms. The molecule has 0 aromatic heterocycles. The molecule has 1 aliphatic heterocycles. The number of hydrogen-bond donors (Lipinski definition) is 2. The van der Waals surface area contributed by atoms with E-state index in [1.807, 2.05) is 12.1 Å². The van der Waals surface area contributed by atoms with Gasteiger partial charge >= 0.3 is 0 Å². The number of nitrogens with zero attached hydrogens (tertiary/aromatic N) is 1. The Hall–Kier alpha value is -2.33. The minimum atomic E-state index is -0.0763. The highest BCUT2D eigenvalue weighted by Crippen LogP contribution is 2.21. The van der Waals surface area contributed by atoms with Gasteiger partial charge in [0.05, 0.1) is 6.42 Å². The highest BCUT2D eigenvalue weighted by Gasteiger charge is 2.19. The smallest absolute Gasteiger partial charge is 0.224 e. The lowest BCUT2D eigenvalue weighted by atomic mass is 10.0. The van der Waals surface area contributed by atoms with Gasteiger partial charge in [-0.25, -0.2) is 0 Å². The van der Waals surface area contributed by atoms with Crippen LogP contribution in [0.5, 0.6) is 5.75 Å². The highest BCUT2D eigenvalue weighted by atomic mass is 16.3. The van der Waals surface area contributed by atoms with Crippen molar-refractivity contribution in [3.8, 4) is 5.75 Å². The van der Waals surface area contributed by atoms with Crippen molar-refractivity contribution in [3.63, 3.8) is 0 Å². The summed E-state index contributed by atoms with van der Waals surface area (Å²) in [6.07, 6.45) is 4.04. The highest BCUT2D eigenvalue weighted by molar-refractivity contribution is 5.79. The Kier molecular flexibility index (Phi) is 6.29. The average molecular weight is 352 g/mol. The summed E-state index contributed by atoms with van der Waals surface area (Å²) >= 11 is 0. The molecule has 1 saturated heterocycles. The van der Waals surface area contributed by atoms with Gasteiger partial charge in [0.15, 0.2) is 0 Å². The zero-order chi connectivity index (χ0) is 18.4.